The van der Waals surface area contributed by atoms with Crippen molar-refractivity contribution in [2.24, 2.45) is 0 Å². The third kappa shape index (κ3) is 2.21. The summed E-state index contributed by atoms with van der Waals surface area (Å²) in [5.41, 5.74) is 0.0262. The maximum atomic E-state index is 13.8. The summed E-state index contributed by atoms with van der Waals surface area (Å²) in [7, 11) is 0. The molecule has 1 aromatic carbocycles. The Balaban J connectivity index is 2.26. The number of carbonyl (C=O) groups is 2. The molecule has 1 heterocycles. The van der Waals surface area contributed by atoms with E-state index in [2.05, 4.69) is 0 Å². The third-order valence-corrected chi connectivity index (χ3v) is 2.58. The number of nitriles is 1. The first kappa shape index (κ1) is 12.2. The van der Waals surface area contributed by atoms with Crippen LogP contribution < -0.4 is 0 Å². The standard InChI is InChI=1S/C12H9FN2O3/c13-12-8(4-14)2-1-3-9(12)5-15-10(16)6-18-7-11(15)17/h1-3H,5-7H2. The number of benzene rings is 1. The predicted molar refractivity (Wildman–Crippen MR) is 57.5 cm³/mol. The molecular formula is C12H9FN2O3. The summed E-state index contributed by atoms with van der Waals surface area (Å²) in [5.74, 6) is -1.71. The molecule has 5 nitrogen and oxygen atoms in total. The summed E-state index contributed by atoms with van der Waals surface area (Å²) < 4.78 is 18.5. The van der Waals surface area contributed by atoms with Crippen LogP contribution in [0.15, 0.2) is 18.2 Å². The van der Waals surface area contributed by atoms with Gasteiger partial charge in [0.25, 0.3) is 11.8 Å². The van der Waals surface area contributed by atoms with Gasteiger partial charge in [-0.2, -0.15) is 5.26 Å². The fourth-order valence-electron chi connectivity index (χ4n) is 1.66. The zero-order valence-corrected chi connectivity index (χ0v) is 9.35. The molecule has 0 saturated carbocycles. The summed E-state index contributed by atoms with van der Waals surface area (Å²) in [4.78, 5) is 23.9. The second kappa shape index (κ2) is 4.94. The highest BCUT2D eigenvalue weighted by atomic mass is 19.1. The van der Waals surface area contributed by atoms with Crippen molar-refractivity contribution in [3.63, 3.8) is 0 Å². The van der Waals surface area contributed by atoms with Gasteiger partial charge < -0.3 is 4.74 Å². The molecule has 1 aliphatic heterocycles. The van der Waals surface area contributed by atoms with E-state index in [1.165, 1.54) is 18.2 Å². The van der Waals surface area contributed by atoms with Crippen molar-refractivity contribution in [3.05, 3.63) is 35.1 Å². The molecule has 0 radical (unpaired) electrons. The molecule has 1 fully saturated rings. The number of hydrogen-bond acceptors (Lipinski definition) is 4. The maximum absolute atomic E-state index is 13.8. The molecule has 0 N–H and O–H groups in total. The molecule has 92 valence electrons. The summed E-state index contributed by atoms with van der Waals surface area (Å²) in [6.07, 6.45) is 0. The highest BCUT2D eigenvalue weighted by molar-refractivity contribution is 5.98. The molecule has 0 bridgehead atoms. The molecule has 1 saturated heterocycles. The summed E-state index contributed by atoms with van der Waals surface area (Å²) in [5, 5.41) is 8.70. The molecule has 0 spiro atoms. The second-order valence-electron chi connectivity index (χ2n) is 3.76. The van der Waals surface area contributed by atoms with E-state index in [4.69, 9.17) is 10.00 Å². The van der Waals surface area contributed by atoms with Gasteiger partial charge in [0.15, 0.2) is 0 Å². The van der Waals surface area contributed by atoms with E-state index in [0.29, 0.717) is 0 Å². The largest absolute Gasteiger partial charge is 0.362 e. The molecule has 0 aromatic heterocycles. The predicted octanol–water partition coefficient (Wildman–Crippen LogP) is 0.583. The lowest BCUT2D eigenvalue weighted by molar-refractivity contribution is -0.159. The Labute approximate surface area is 102 Å². The molecular weight excluding hydrogens is 239 g/mol. The van der Waals surface area contributed by atoms with Gasteiger partial charge in [-0.25, -0.2) is 4.39 Å². The molecule has 0 atom stereocenters. The van der Waals surface area contributed by atoms with Crippen molar-refractivity contribution in [1.82, 2.24) is 4.90 Å². The Morgan fingerprint density at radius 3 is 2.61 bits per heavy atom. The monoisotopic (exact) mass is 248 g/mol. The Morgan fingerprint density at radius 2 is 2.00 bits per heavy atom. The van der Waals surface area contributed by atoms with Crippen LogP contribution in [0.1, 0.15) is 11.1 Å². The SMILES string of the molecule is N#Cc1cccc(CN2C(=O)COCC2=O)c1F. The van der Waals surface area contributed by atoms with Gasteiger partial charge in [-0.3, -0.25) is 14.5 Å². The number of imide groups is 1. The lowest BCUT2D eigenvalue weighted by Crippen LogP contribution is -2.45. The van der Waals surface area contributed by atoms with Gasteiger partial charge in [0, 0.05) is 5.56 Å². The topological polar surface area (TPSA) is 70.4 Å². The van der Waals surface area contributed by atoms with Gasteiger partial charge >= 0.3 is 0 Å². The van der Waals surface area contributed by atoms with Crippen LogP contribution in [-0.4, -0.2) is 29.9 Å². The van der Waals surface area contributed by atoms with Crippen LogP contribution >= 0.6 is 0 Å². The van der Waals surface area contributed by atoms with Gasteiger partial charge in [0.1, 0.15) is 25.1 Å². The number of ether oxygens (including phenoxy) is 1. The average molecular weight is 248 g/mol. The van der Waals surface area contributed by atoms with Gasteiger partial charge in [-0.05, 0) is 6.07 Å². The van der Waals surface area contributed by atoms with Crippen LogP contribution in [0.2, 0.25) is 0 Å². The van der Waals surface area contributed by atoms with Crippen molar-refractivity contribution in [1.29, 1.82) is 5.26 Å². The van der Waals surface area contributed by atoms with Crippen LogP contribution in [0.4, 0.5) is 4.39 Å². The Hall–Kier alpha value is -2.26. The smallest absolute Gasteiger partial charge is 0.255 e. The number of halogens is 1. The minimum Gasteiger partial charge on any atom is -0.362 e. The van der Waals surface area contributed by atoms with E-state index < -0.39 is 17.6 Å². The Bertz CT molecular complexity index is 535. The lowest BCUT2D eigenvalue weighted by atomic mass is 10.1. The van der Waals surface area contributed by atoms with E-state index in [9.17, 15) is 14.0 Å². The molecule has 6 heteroatoms. The zero-order valence-electron chi connectivity index (χ0n) is 9.35. The fourth-order valence-corrected chi connectivity index (χ4v) is 1.66. The number of carbonyl (C=O) groups excluding carboxylic acids is 2. The number of hydrogen-bond donors (Lipinski definition) is 0. The van der Waals surface area contributed by atoms with E-state index in [1.807, 2.05) is 0 Å². The van der Waals surface area contributed by atoms with Crippen LogP contribution in [0, 0.1) is 17.1 Å². The molecule has 0 unspecified atom stereocenters. The summed E-state index contributed by atoms with van der Waals surface area (Å²) in [6.45, 7) is -0.557. The zero-order chi connectivity index (χ0) is 13.1. The highest BCUT2D eigenvalue weighted by Crippen LogP contribution is 2.15. The van der Waals surface area contributed by atoms with Gasteiger partial charge in [-0.1, -0.05) is 12.1 Å². The van der Waals surface area contributed by atoms with Crippen LogP contribution in [0.25, 0.3) is 0 Å². The van der Waals surface area contributed by atoms with Crippen molar-refractivity contribution in [2.45, 2.75) is 6.54 Å². The fraction of sp³-hybridized carbons (Fsp3) is 0.250. The van der Waals surface area contributed by atoms with Gasteiger partial charge in [0.05, 0.1) is 12.1 Å². The number of morpholine rings is 1. The van der Waals surface area contributed by atoms with Crippen molar-refractivity contribution < 1.29 is 18.7 Å². The molecule has 2 rings (SSSR count). The van der Waals surface area contributed by atoms with E-state index in [-0.39, 0.29) is 30.9 Å². The summed E-state index contributed by atoms with van der Waals surface area (Å²) >= 11 is 0. The minimum absolute atomic E-state index is 0.111. The Kier molecular flexibility index (Phi) is 3.35. The number of nitrogens with zero attached hydrogens (tertiary/aromatic N) is 2. The molecule has 18 heavy (non-hydrogen) atoms. The average Bonchev–Trinajstić information content (AvgIpc) is 2.36. The molecule has 2 amide bonds. The molecule has 1 aromatic rings. The quantitative estimate of drug-likeness (QED) is 0.718. The Morgan fingerprint density at radius 1 is 1.33 bits per heavy atom. The minimum atomic E-state index is -0.702. The maximum Gasteiger partial charge on any atom is 0.255 e. The van der Waals surface area contributed by atoms with Gasteiger partial charge in [0.2, 0.25) is 0 Å². The molecule has 0 aliphatic carbocycles. The number of rotatable bonds is 2. The lowest BCUT2D eigenvalue weighted by Gasteiger charge is -2.25. The molecule has 1 aliphatic rings. The van der Waals surface area contributed by atoms with Crippen molar-refractivity contribution in [2.75, 3.05) is 13.2 Å². The van der Waals surface area contributed by atoms with E-state index >= 15 is 0 Å². The normalized spacial score (nSPS) is 15.7. The van der Waals surface area contributed by atoms with Crippen molar-refractivity contribution >= 4 is 11.8 Å². The third-order valence-electron chi connectivity index (χ3n) is 2.58. The first-order valence-corrected chi connectivity index (χ1v) is 5.22. The van der Waals surface area contributed by atoms with Gasteiger partial charge in [-0.15, -0.1) is 0 Å². The van der Waals surface area contributed by atoms with Crippen LogP contribution in [-0.2, 0) is 20.9 Å². The van der Waals surface area contributed by atoms with Crippen LogP contribution in [0.3, 0.4) is 0 Å². The summed E-state index contributed by atoms with van der Waals surface area (Å²) in [6, 6.07) is 5.99. The van der Waals surface area contributed by atoms with E-state index in [1.54, 1.807) is 6.07 Å². The second-order valence-corrected chi connectivity index (χ2v) is 3.76. The van der Waals surface area contributed by atoms with Crippen molar-refractivity contribution in [3.8, 4) is 6.07 Å². The van der Waals surface area contributed by atoms with E-state index in [0.717, 1.165) is 4.90 Å². The number of amides is 2. The van der Waals surface area contributed by atoms with Crippen LogP contribution in [0.5, 0.6) is 0 Å². The first-order chi connectivity index (χ1) is 8.63. The first-order valence-electron chi connectivity index (χ1n) is 5.22. The highest BCUT2D eigenvalue weighted by Gasteiger charge is 2.27.